The lowest BCUT2D eigenvalue weighted by Crippen LogP contribution is -2.51. The Morgan fingerprint density at radius 2 is 1.71 bits per heavy atom. The predicted molar refractivity (Wildman–Crippen MR) is 209 cm³/mol. The molecule has 0 spiro atoms. The van der Waals surface area contributed by atoms with Crippen molar-refractivity contribution >= 4 is 5.97 Å². The first-order chi connectivity index (χ1) is 23.1. The van der Waals surface area contributed by atoms with Gasteiger partial charge in [-0.3, -0.25) is 0 Å². The SMILES string of the molecule is CC(C=CC1=C(C)CCCC1(C)C)=CC=CC(C)=CC(=O)O[C@H]1CC[C@@]2(C)C(=CCC3C2CC[C@@]2(C)C3CC[C@@H]2[C@H](C)CCCC(C)C)C1. The van der Waals surface area contributed by atoms with Crippen LogP contribution in [0.3, 0.4) is 0 Å². The average Bonchev–Trinajstić information content (AvgIpc) is 3.37. The van der Waals surface area contributed by atoms with E-state index in [1.807, 2.05) is 13.0 Å². The van der Waals surface area contributed by atoms with Crippen molar-refractivity contribution in [2.75, 3.05) is 0 Å². The molecule has 0 heterocycles. The fourth-order valence-electron chi connectivity index (χ4n) is 11.8. The van der Waals surface area contributed by atoms with Gasteiger partial charge in [0.15, 0.2) is 0 Å². The molecule has 0 aliphatic heterocycles. The van der Waals surface area contributed by atoms with Gasteiger partial charge >= 0.3 is 5.97 Å². The van der Waals surface area contributed by atoms with Gasteiger partial charge in [0.1, 0.15) is 6.10 Å². The maximum atomic E-state index is 13.0. The maximum absolute atomic E-state index is 13.0. The van der Waals surface area contributed by atoms with E-state index in [2.05, 4.69) is 92.7 Å². The summed E-state index contributed by atoms with van der Waals surface area (Å²) in [6.07, 6.45) is 33.0. The van der Waals surface area contributed by atoms with E-state index in [9.17, 15) is 4.79 Å². The highest BCUT2D eigenvalue weighted by Gasteiger charge is 2.59. The van der Waals surface area contributed by atoms with Crippen molar-refractivity contribution in [1.82, 2.24) is 0 Å². The third-order valence-electron chi connectivity index (χ3n) is 14.7. The van der Waals surface area contributed by atoms with Crippen molar-refractivity contribution in [1.29, 1.82) is 0 Å². The second-order valence-electron chi connectivity index (χ2n) is 19.0. The average molecular weight is 669 g/mol. The Hall–Kier alpha value is -2.09. The molecule has 5 rings (SSSR count). The van der Waals surface area contributed by atoms with E-state index in [-0.39, 0.29) is 22.9 Å². The second kappa shape index (κ2) is 15.7. The third kappa shape index (κ3) is 8.52. The Bertz CT molecular complexity index is 1380. The fraction of sp³-hybridized carbons (Fsp3) is 0.723. The molecule has 0 saturated heterocycles. The molecule has 3 fully saturated rings. The molecule has 3 unspecified atom stereocenters. The zero-order valence-corrected chi connectivity index (χ0v) is 33.3. The monoisotopic (exact) mass is 669 g/mol. The van der Waals surface area contributed by atoms with E-state index in [1.165, 1.54) is 87.3 Å². The normalized spacial score (nSPS) is 35.7. The smallest absolute Gasteiger partial charge is 0.331 e. The van der Waals surface area contributed by atoms with Gasteiger partial charge in [0, 0.05) is 12.5 Å². The van der Waals surface area contributed by atoms with Crippen LogP contribution in [0, 0.1) is 51.8 Å². The molecule has 0 bridgehead atoms. The molecule has 0 aromatic carbocycles. The molecule has 3 saturated carbocycles. The minimum absolute atomic E-state index is 0.00175. The number of ether oxygens (including phenoxy) is 1. The number of esters is 1. The van der Waals surface area contributed by atoms with Crippen molar-refractivity contribution in [3.63, 3.8) is 0 Å². The zero-order valence-electron chi connectivity index (χ0n) is 33.3. The van der Waals surface area contributed by atoms with Gasteiger partial charge in [0.05, 0.1) is 0 Å². The van der Waals surface area contributed by atoms with Crippen LogP contribution in [0.1, 0.15) is 159 Å². The summed E-state index contributed by atoms with van der Waals surface area (Å²) in [6.45, 7) is 23.7. The van der Waals surface area contributed by atoms with E-state index in [0.29, 0.717) is 5.41 Å². The Morgan fingerprint density at radius 1 is 0.939 bits per heavy atom. The first-order valence-corrected chi connectivity index (χ1v) is 20.5. The van der Waals surface area contributed by atoms with Gasteiger partial charge in [0.25, 0.3) is 0 Å². The molecule has 2 nitrogen and oxygen atoms in total. The van der Waals surface area contributed by atoms with E-state index in [4.69, 9.17) is 4.74 Å². The van der Waals surface area contributed by atoms with Gasteiger partial charge in [-0.1, -0.05) is 121 Å². The van der Waals surface area contributed by atoms with E-state index >= 15 is 0 Å². The number of allylic oxidation sites excluding steroid dienone is 10. The Labute approximate surface area is 302 Å². The van der Waals surface area contributed by atoms with Crippen LogP contribution in [0.5, 0.6) is 0 Å². The number of rotatable bonds is 11. The molecule has 49 heavy (non-hydrogen) atoms. The minimum atomic E-state index is -0.194. The van der Waals surface area contributed by atoms with Crippen molar-refractivity contribution < 1.29 is 9.53 Å². The zero-order chi connectivity index (χ0) is 35.6. The molecule has 5 aliphatic carbocycles. The highest BCUT2D eigenvalue weighted by Crippen LogP contribution is 2.67. The number of fused-ring (bicyclic) bond motifs is 5. The van der Waals surface area contributed by atoms with Crippen LogP contribution < -0.4 is 0 Å². The third-order valence-corrected chi connectivity index (χ3v) is 14.7. The van der Waals surface area contributed by atoms with Crippen LogP contribution in [0.25, 0.3) is 0 Å². The lowest BCUT2D eigenvalue weighted by molar-refractivity contribution is -0.145. The largest absolute Gasteiger partial charge is 0.459 e. The van der Waals surface area contributed by atoms with Gasteiger partial charge < -0.3 is 4.74 Å². The molecular formula is C47H72O2. The molecule has 0 N–H and O–H groups in total. The molecular weight excluding hydrogens is 597 g/mol. The summed E-state index contributed by atoms with van der Waals surface area (Å²) in [6, 6.07) is 0. The summed E-state index contributed by atoms with van der Waals surface area (Å²) in [5, 5.41) is 0. The van der Waals surface area contributed by atoms with Crippen LogP contribution in [-0.4, -0.2) is 12.1 Å². The Kier molecular flexibility index (Phi) is 12.2. The maximum Gasteiger partial charge on any atom is 0.331 e. The van der Waals surface area contributed by atoms with Gasteiger partial charge in [-0.15, -0.1) is 0 Å². The van der Waals surface area contributed by atoms with Crippen LogP contribution >= 0.6 is 0 Å². The highest BCUT2D eigenvalue weighted by molar-refractivity contribution is 5.83. The van der Waals surface area contributed by atoms with Crippen molar-refractivity contribution in [3.05, 3.63) is 70.4 Å². The number of carbonyl (C=O) groups excluding carboxylic acids is 1. The summed E-state index contributed by atoms with van der Waals surface area (Å²) < 4.78 is 6.11. The van der Waals surface area contributed by atoms with Gasteiger partial charge in [-0.2, -0.15) is 0 Å². The molecule has 0 radical (unpaired) electrons. The van der Waals surface area contributed by atoms with Crippen LogP contribution in [0.15, 0.2) is 70.4 Å². The first kappa shape index (κ1) is 38.1. The van der Waals surface area contributed by atoms with Crippen LogP contribution in [0.4, 0.5) is 0 Å². The van der Waals surface area contributed by atoms with E-state index in [0.717, 1.165) is 60.3 Å². The summed E-state index contributed by atoms with van der Waals surface area (Å²) in [4.78, 5) is 13.0. The van der Waals surface area contributed by atoms with E-state index < -0.39 is 0 Å². The Morgan fingerprint density at radius 3 is 2.45 bits per heavy atom. The van der Waals surface area contributed by atoms with Crippen molar-refractivity contribution in [2.45, 2.75) is 165 Å². The standard InChI is InChI=1S/C47H72O2/c1-32(2)14-11-17-36(6)41-23-24-42-39-21-20-37-31-38(25-28-46(37,9)43(39)26-29-47(41,42)10)49-44(48)30-34(4)16-12-15-33(3)19-22-40-35(5)18-13-27-45(40,7)8/h12,15-16,19-20,22,30,32,36,38-39,41-43H,11,13-14,17-18,21,23-29,31H2,1-10H3/t36-,38+,39?,41-,42?,43?,46+,47-/m1/s1. The highest BCUT2D eigenvalue weighted by atomic mass is 16.5. The fourth-order valence-corrected chi connectivity index (χ4v) is 11.8. The van der Waals surface area contributed by atoms with Crippen molar-refractivity contribution in [3.8, 4) is 0 Å². The quantitative estimate of drug-likeness (QED) is 0.0948. The first-order valence-electron chi connectivity index (χ1n) is 20.5. The molecule has 0 aromatic heterocycles. The molecule has 8 atom stereocenters. The second-order valence-corrected chi connectivity index (χ2v) is 19.0. The molecule has 2 heteroatoms. The summed E-state index contributed by atoms with van der Waals surface area (Å²) in [7, 11) is 0. The predicted octanol–water partition coefficient (Wildman–Crippen LogP) is 13.5. The van der Waals surface area contributed by atoms with Gasteiger partial charge in [-0.05, 0) is 148 Å². The van der Waals surface area contributed by atoms with Crippen molar-refractivity contribution in [2.24, 2.45) is 51.8 Å². The Balaban J connectivity index is 1.14. The number of hydrogen-bond acceptors (Lipinski definition) is 2. The summed E-state index contributed by atoms with van der Waals surface area (Å²) in [5.41, 5.74) is 7.81. The lowest BCUT2D eigenvalue weighted by Gasteiger charge is -2.58. The molecule has 272 valence electrons. The van der Waals surface area contributed by atoms with Crippen LogP contribution in [-0.2, 0) is 9.53 Å². The number of carbonyl (C=O) groups is 1. The summed E-state index contributed by atoms with van der Waals surface area (Å²) >= 11 is 0. The molecule has 0 aromatic rings. The van der Waals surface area contributed by atoms with Gasteiger partial charge in [-0.25, -0.2) is 4.79 Å². The molecule has 5 aliphatic rings. The minimum Gasteiger partial charge on any atom is -0.459 e. The lowest BCUT2D eigenvalue weighted by atomic mass is 9.47. The van der Waals surface area contributed by atoms with Crippen LogP contribution in [0.2, 0.25) is 0 Å². The number of hydrogen-bond donors (Lipinski definition) is 0. The van der Waals surface area contributed by atoms with E-state index in [1.54, 1.807) is 11.6 Å². The molecule has 0 amide bonds. The topological polar surface area (TPSA) is 26.3 Å². The summed E-state index contributed by atoms with van der Waals surface area (Å²) in [5.74, 6) is 4.92. The van der Waals surface area contributed by atoms with Gasteiger partial charge in [0.2, 0.25) is 0 Å².